The first-order valence-electron chi connectivity index (χ1n) is 6.51. The summed E-state index contributed by atoms with van der Waals surface area (Å²) >= 11 is 0. The van der Waals surface area contributed by atoms with Gasteiger partial charge in [-0.2, -0.15) is 0 Å². The van der Waals surface area contributed by atoms with E-state index in [2.05, 4.69) is 34.7 Å². The van der Waals surface area contributed by atoms with Crippen molar-refractivity contribution in [2.24, 2.45) is 5.92 Å². The summed E-state index contributed by atoms with van der Waals surface area (Å²) in [6.45, 7) is 7.59. The van der Waals surface area contributed by atoms with E-state index in [4.69, 9.17) is 0 Å². The van der Waals surface area contributed by atoms with E-state index in [1.165, 1.54) is 0 Å². The minimum atomic E-state index is -2.97. The number of rotatable bonds is 5. The highest BCUT2D eigenvalue weighted by molar-refractivity contribution is 7.91. The molecular formula is C11H21N5O2S. The number of nitrogens with zero attached hydrogens (tertiary/aromatic N) is 4. The van der Waals surface area contributed by atoms with Crippen LogP contribution in [0.1, 0.15) is 33.0 Å². The van der Waals surface area contributed by atoms with Crippen LogP contribution in [0.3, 0.4) is 0 Å². The summed E-state index contributed by atoms with van der Waals surface area (Å²) in [7, 11) is -2.97. The monoisotopic (exact) mass is 287 g/mol. The summed E-state index contributed by atoms with van der Waals surface area (Å²) < 4.78 is 25.0. The second-order valence-corrected chi connectivity index (χ2v) is 8.05. The van der Waals surface area contributed by atoms with Gasteiger partial charge in [-0.15, -0.1) is 5.10 Å². The summed E-state index contributed by atoms with van der Waals surface area (Å²) in [5.41, 5.74) is -0.517. The van der Waals surface area contributed by atoms with Crippen LogP contribution in [0.4, 0.5) is 0 Å². The number of aromatic nitrogens is 4. The average molecular weight is 287 g/mol. The molecule has 1 unspecified atom stereocenters. The van der Waals surface area contributed by atoms with Crippen LogP contribution in [0.15, 0.2) is 0 Å². The third-order valence-electron chi connectivity index (χ3n) is 3.36. The lowest BCUT2D eigenvalue weighted by atomic mass is 10.0. The Labute approximate surface area is 113 Å². The Bertz CT molecular complexity index is 539. The van der Waals surface area contributed by atoms with Crippen LogP contribution in [-0.2, 0) is 21.9 Å². The van der Waals surface area contributed by atoms with E-state index in [1.54, 1.807) is 4.68 Å². The highest BCUT2D eigenvalue weighted by atomic mass is 32.2. The van der Waals surface area contributed by atoms with Gasteiger partial charge in [0.1, 0.15) is 0 Å². The van der Waals surface area contributed by atoms with Crippen molar-refractivity contribution in [1.29, 1.82) is 0 Å². The van der Waals surface area contributed by atoms with Crippen LogP contribution >= 0.6 is 0 Å². The molecule has 108 valence electrons. The van der Waals surface area contributed by atoms with E-state index >= 15 is 0 Å². The lowest BCUT2D eigenvalue weighted by molar-refractivity contribution is 0.307. The number of hydrogen-bond acceptors (Lipinski definition) is 6. The Hall–Kier alpha value is -1.02. The Kier molecular flexibility index (Phi) is 3.91. The van der Waals surface area contributed by atoms with Gasteiger partial charge in [-0.05, 0) is 36.2 Å². The molecular weight excluding hydrogens is 266 g/mol. The molecule has 0 amide bonds. The molecule has 1 saturated heterocycles. The van der Waals surface area contributed by atoms with Gasteiger partial charge in [-0.3, -0.25) is 0 Å². The first-order chi connectivity index (χ1) is 8.82. The van der Waals surface area contributed by atoms with E-state index in [0.717, 1.165) is 6.54 Å². The largest absolute Gasteiger partial charge is 0.310 e. The summed E-state index contributed by atoms with van der Waals surface area (Å²) in [4.78, 5) is 0. The van der Waals surface area contributed by atoms with Crippen LogP contribution < -0.4 is 5.32 Å². The molecule has 1 aromatic rings. The minimum absolute atomic E-state index is 0.113. The van der Waals surface area contributed by atoms with Gasteiger partial charge in [-0.25, -0.2) is 13.1 Å². The van der Waals surface area contributed by atoms with Crippen LogP contribution in [-0.4, -0.2) is 46.7 Å². The van der Waals surface area contributed by atoms with Gasteiger partial charge in [-0.1, -0.05) is 13.8 Å². The zero-order valence-corrected chi connectivity index (χ0v) is 12.4. The summed E-state index contributed by atoms with van der Waals surface area (Å²) in [5.74, 6) is 1.57. The molecule has 2 rings (SSSR count). The lowest BCUT2D eigenvalue weighted by Gasteiger charge is -2.23. The summed E-state index contributed by atoms with van der Waals surface area (Å²) in [5, 5.41) is 14.9. The van der Waals surface area contributed by atoms with Crippen molar-refractivity contribution in [1.82, 2.24) is 25.5 Å². The maximum absolute atomic E-state index is 11.7. The van der Waals surface area contributed by atoms with Gasteiger partial charge in [0, 0.05) is 0 Å². The zero-order valence-electron chi connectivity index (χ0n) is 11.6. The number of sulfone groups is 1. The van der Waals surface area contributed by atoms with Crippen molar-refractivity contribution in [3.63, 3.8) is 0 Å². The van der Waals surface area contributed by atoms with Crippen LogP contribution in [0.5, 0.6) is 0 Å². The van der Waals surface area contributed by atoms with Crippen molar-refractivity contribution < 1.29 is 8.42 Å². The van der Waals surface area contributed by atoms with E-state index < -0.39 is 15.4 Å². The van der Waals surface area contributed by atoms with Crippen molar-refractivity contribution in [3.05, 3.63) is 5.82 Å². The van der Waals surface area contributed by atoms with Crippen molar-refractivity contribution in [2.75, 3.05) is 18.1 Å². The molecule has 2 heterocycles. The van der Waals surface area contributed by atoms with E-state index in [-0.39, 0.29) is 11.5 Å². The zero-order chi connectivity index (χ0) is 14.1. The van der Waals surface area contributed by atoms with Crippen LogP contribution in [0, 0.1) is 5.92 Å². The van der Waals surface area contributed by atoms with Crippen molar-refractivity contribution >= 4 is 9.84 Å². The summed E-state index contributed by atoms with van der Waals surface area (Å²) in [6.07, 6.45) is 0.567. The number of tetrazole rings is 1. The SMILES string of the molecule is CC(C)CNCc1nnnn1C1(C)CCS(=O)(=O)C1. The summed E-state index contributed by atoms with van der Waals surface area (Å²) in [6, 6.07) is 0. The lowest BCUT2D eigenvalue weighted by Crippen LogP contribution is -2.35. The molecule has 0 radical (unpaired) electrons. The molecule has 1 fully saturated rings. The maximum Gasteiger partial charge on any atom is 0.165 e. The van der Waals surface area contributed by atoms with Gasteiger partial charge < -0.3 is 5.32 Å². The highest BCUT2D eigenvalue weighted by Gasteiger charge is 2.42. The molecule has 0 bridgehead atoms. The predicted molar refractivity (Wildman–Crippen MR) is 71.3 cm³/mol. The number of hydrogen-bond donors (Lipinski definition) is 1. The van der Waals surface area contributed by atoms with Gasteiger partial charge in [0.05, 0.1) is 23.6 Å². The third kappa shape index (κ3) is 3.30. The van der Waals surface area contributed by atoms with Gasteiger partial charge >= 0.3 is 0 Å². The maximum atomic E-state index is 11.7. The van der Waals surface area contributed by atoms with Gasteiger partial charge in [0.15, 0.2) is 15.7 Å². The fraction of sp³-hybridized carbons (Fsp3) is 0.909. The molecule has 1 atom stereocenters. The van der Waals surface area contributed by atoms with E-state index in [9.17, 15) is 8.42 Å². The molecule has 19 heavy (non-hydrogen) atoms. The van der Waals surface area contributed by atoms with Crippen molar-refractivity contribution in [2.45, 2.75) is 39.3 Å². The fourth-order valence-corrected chi connectivity index (χ4v) is 4.48. The molecule has 1 aromatic heterocycles. The Morgan fingerprint density at radius 2 is 2.21 bits per heavy atom. The molecule has 0 aromatic carbocycles. The van der Waals surface area contributed by atoms with Crippen LogP contribution in [0.25, 0.3) is 0 Å². The smallest absolute Gasteiger partial charge is 0.165 e. The normalized spacial score (nSPS) is 26.1. The van der Waals surface area contributed by atoms with E-state index in [1.807, 2.05) is 6.92 Å². The van der Waals surface area contributed by atoms with Crippen molar-refractivity contribution in [3.8, 4) is 0 Å². The molecule has 1 N–H and O–H groups in total. The van der Waals surface area contributed by atoms with E-state index in [0.29, 0.717) is 24.7 Å². The molecule has 7 nitrogen and oxygen atoms in total. The van der Waals surface area contributed by atoms with Gasteiger partial charge in [0.25, 0.3) is 0 Å². The molecule has 1 aliphatic heterocycles. The van der Waals surface area contributed by atoms with Crippen LogP contribution in [0.2, 0.25) is 0 Å². The predicted octanol–water partition coefficient (Wildman–Crippen LogP) is -0.0476. The second-order valence-electron chi connectivity index (χ2n) is 5.87. The average Bonchev–Trinajstić information content (AvgIpc) is 2.84. The second kappa shape index (κ2) is 5.16. The first kappa shape index (κ1) is 14.4. The fourth-order valence-electron chi connectivity index (χ4n) is 2.37. The first-order valence-corrected chi connectivity index (χ1v) is 8.33. The number of nitrogens with one attached hydrogen (secondary N) is 1. The molecule has 1 aliphatic rings. The molecule has 0 saturated carbocycles. The topological polar surface area (TPSA) is 89.8 Å². The highest BCUT2D eigenvalue weighted by Crippen LogP contribution is 2.30. The van der Waals surface area contributed by atoms with Gasteiger partial charge in [0.2, 0.25) is 0 Å². The minimum Gasteiger partial charge on any atom is -0.310 e. The third-order valence-corrected chi connectivity index (χ3v) is 5.25. The quantitative estimate of drug-likeness (QED) is 0.817. The molecule has 0 aliphatic carbocycles. The molecule has 8 heteroatoms. The Morgan fingerprint density at radius 1 is 1.47 bits per heavy atom. The Balaban J connectivity index is 2.11. The standard InChI is InChI=1S/C11H21N5O2S/c1-9(2)6-12-7-10-13-14-15-16(10)11(3)4-5-19(17,18)8-11/h9,12H,4-8H2,1-3H3. The Morgan fingerprint density at radius 3 is 2.79 bits per heavy atom. The molecule has 0 spiro atoms.